The maximum Gasteiger partial charge on any atom is 0.317 e. The molecule has 146 valence electrons. The topological polar surface area (TPSA) is 98.7 Å². The number of nitrogens with one attached hydrogen (secondary N) is 1. The van der Waals surface area contributed by atoms with Gasteiger partial charge < -0.3 is 20.2 Å². The molecule has 2 amide bonds. The number of fused-ring (bicyclic) bond motifs is 1. The van der Waals surface area contributed by atoms with Crippen LogP contribution in [0.2, 0.25) is 0 Å². The number of aryl methyl sites for hydroxylation is 1. The minimum atomic E-state index is -0.748. The van der Waals surface area contributed by atoms with Crippen molar-refractivity contribution in [1.29, 1.82) is 0 Å². The molecule has 2 saturated heterocycles. The number of nitrogens with zero attached hydrogens (tertiary/aromatic N) is 4. The third-order valence-corrected chi connectivity index (χ3v) is 6.44. The average Bonchev–Trinajstić information content (AvgIpc) is 3.21. The number of likely N-dealkylation sites (tertiary alicyclic amines) is 1. The molecule has 2 N–H and O–H groups in total. The van der Waals surface area contributed by atoms with Gasteiger partial charge in [0.25, 0.3) is 0 Å². The summed E-state index contributed by atoms with van der Waals surface area (Å²) >= 11 is 0. The minimum Gasteiger partial charge on any atom is -0.481 e. The van der Waals surface area contributed by atoms with Gasteiger partial charge >= 0.3 is 12.0 Å². The Labute approximate surface area is 158 Å². The maximum atomic E-state index is 12.8. The van der Waals surface area contributed by atoms with E-state index in [1.165, 1.54) is 0 Å². The number of carbonyl (C=O) groups excluding carboxylic acids is 1. The highest BCUT2D eigenvalue weighted by atomic mass is 16.4. The van der Waals surface area contributed by atoms with Crippen LogP contribution in [0.25, 0.3) is 0 Å². The van der Waals surface area contributed by atoms with Crippen molar-refractivity contribution in [3.05, 3.63) is 17.8 Å². The molecule has 3 fully saturated rings. The summed E-state index contributed by atoms with van der Waals surface area (Å²) in [6.07, 6.45) is 4.42. The van der Waals surface area contributed by atoms with E-state index in [9.17, 15) is 14.7 Å². The van der Waals surface area contributed by atoms with Crippen LogP contribution >= 0.6 is 0 Å². The van der Waals surface area contributed by atoms with Gasteiger partial charge in [0.05, 0.1) is 11.1 Å². The van der Waals surface area contributed by atoms with Crippen LogP contribution in [-0.4, -0.2) is 64.4 Å². The molecule has 3 heterocycles. The van der Waals surface area contributed by atoms with Crippen molar-refractivity contribution in [1.82, 2.24) is 20.4 Å². The number of rotatable bonds is 3. The number of carbonyl (C=O) groups is 2. The summed E-state index contributed by atoms with van der Waals surface area (Å²) in [5.41, 5.74) is 0.153. The average molecular weight is 373 g/mol. The quantitative estimate of drug-likeness (QED) is 0.836. The Kier molecular flexibility index (Phi) is 4.65. The first kappa shape index (κ1) is 18.0. The second kappa shape index (κ2) is 6.98. The van der Waals surface area contributed by atoms with Gasteiger partial charge in [-0.05, 0) is 50.7 Å². The number of aliphatic carboxylic acids is 1. The van der Waals surface area contributed by atoms with Crippen LogP contribution in [0, 0.1) is 18.3 Å². The monoisotopic (exact) mass is 373 g/mol. The highest BCUT2D eigenvalue weighted by Crippen LogP contribution is 2.48. The number of carboxylic acids is 1. The van der Waals surface area contributed by atoms with Crippen molar-refractivity contribution in [2.75, 3.05) is 31.1 Å². The second-order valence-corrected chi connectivity index (χ2v) is 8.20. The van der Waals surface area contributed by atoms with Gasteiger partial charge in [-0.25, -0.2) is 4.79 Å². The molecule has 1 aromatic rings. The first-order chi connectivity index (χ1) is 13.0. The zero-order valence-corrected chi connectivity index (χ0v) is 15.7. The first-order valence-corrected chi connectivity index (χ1v) is 9.82. The van der Waals surface area contributed by atoms with E-state index in [0.29, 0.717) is 26.1 Å². The van der Waals surface area contributed by atoms with Crippen LogP contribution in [0.15, 0.2) is 12.1 Å². The fraction of sp³-hybridized carbons (Fsp3) is 0.684. The van der Waals surface area contributed by atoms with Crippen molar-refractivity contribution in [2.24, 2.45) is 11.3 Å². The smallest absolute Gasteiger partial charge is 0.317 e. The van der Waals surface area contributed by atoms with Gasteiger partial charge in [0, 0.05) is 32.2 Å². The van der Waals surface area contributed by atoms with E-state index in [4.69, 9.17) is 0 Å². The first-order valence-electron chi connectivity index (χ1n) is 9.82. The van der Waals surface area contributed by atoms with E-state index in [1.54, 1.807) is 4.90 Å². The van der Waals surface area contributed by atoms with Crippen LogP contribution in [0.4, 0.5) is 10.6 Å². The fourth-order valence-corrected chi connectivity index (χ4v) is 4.92. The zero-order valence-electron chi connectivity index (χ0n) is 15.7. The molecule has 0 aromatic carbocycles. The Morgan fingerprint density at radius 3 is 2.78 bits per heavy atom. The van der Waals surface area contributed by atoms with Crippen molar-refractivity contribution in [3.63, 3.8) is 0 Å². The molecule has 1 aliphatic carbocycles. The number of urea groups is 1. The van der Waals surface area contributed by atoms with Gasteiger partial charge in [-0.15, -0.1) is 5.10 Å². The summed E-state index contributed by atoms with van der Waals surface area (Å²) in [5, 5.41) is 21.2. The Morgan fingerprint density at radius 1 is 1.22 bits per heavy atom. The lowest BCUT2D eigenvalue weighted by Crippen LogP contribution is -2.52. The fourth-order valence-electron chi connectivity index (χ4n) is 4.92. The van der Waals surface area contributed by atoms with E-state index in [2.05, 4.69) is 20.4 Å². The molecule has 4 rings (SSSR count). The molecule has 8 nitrogen and oxygen atoms in total. The molecular weight excluding hydrogens is 346 g/mol. The van der Waals surface area contributed by atoms with Crippen LogP contribution < -0.4 is 10.2 Å². The highest BCUT2D eigenvalue weighted by molar-refractivity contribution is 5.80. The Bertz CT molecular complexity index is 725. The molecule has 3 atom stereocenters. The van der Waals surface area contributed by atoms with E-state index in [0.717, 1.165) is 43.7 Å². The van der Waals surface area contributed by atoms with E-state index in [-0.39, 0.29) is 18.0 Å². The molecular formula is C19H27N5O3. The van der Waals surface area contributed by atoms with Crippen molar-refractivity contribution in [3.8, 4) is 0 Å². The zero-order chi connectivity index (χ0) is 19.0. The lowest BCUT2D eigenvalue weighted by Gasteiger charge is -2.34. The number of aromatic nitrogens is 2. The summed E-state index contributed by atoms with van der Waals surface area (Å²) in [4.78, 5) is 28.4. The van der Waals surface area contributed by atoms with Gasteiger partial charge in [0.2, 0.25) is 0 Å². The maximum absolute atomic E-state index is 12.8. The molecule has 0 radical (unpaired) electrons. The summed E-state index contributed by atoms with van der Waals surface area (Å²) in [7, 11) is 0. The summed E-state index contributed by atoms with van der Waals surface area (Å²) in [6.45, 7) is 4.39. The van der Waals surface area contributed by atoms with Gasteiger partial charge in [-0.1, -0.05) is 6.42 Å². The molecule has 0 spiro atoms. The van der Waals surface area contributed by atoms with Crippen LogP contribution in [0.5, 0.6) is 0 Å². The van der Waals surface area contributed by atoms with Crippen molar-refractivity contribution >= 4 is 17.8 Å². The third kappa shape index (κ3) is 3.33. The Hall–Kier alpha value is -2.38. The van der Waals surface area contributed by atoms with Crippen LogP contribution in [0.3, 0.4) is 0 Å². The second-order valence-electron chi connectivity index (χ2n) is 8.20. The van der Waals surface area contributed by atoms with Crippen molar-refractivity contribution in [2.45, 2.75) is 45.1 Å². The van der Waals surface area contributed by atoms with E-state index >= 15 is 0 Å². The Morgan fingerprint density at radius 2 is 2.07 bits per heavy atom. The van der Waals surface area contributed by atoms with Gasteiger partial charge in [0.15, 0.2) is 5.82 Å². The summed E-state index contributed by atoms with van der Waals surface area (Å²) in [5.74, 6) is 0.175. The number of hydrogen-bond acceptors (Lipinski definition) is 5. The number of carboxylic acid groups (broad SMARTS) is 1. The van der Waals surface area contributed by atoms with E-state index in [1.807, 2.05) is 19.1 Å². The predicted octanol–water partition coefficient (Wildman–Crippen LogP) is 1.65. The molecule has 1 saturated carbocycles. The molecule has 1 aromatic heterocycles. The lowest BCUT2D eigenvalue weighted by atomic mass is 9.81. The molecule has 3 aliphatic rings. The SMILES string of the molecule is Cc1ccc(N2CCCC(NC(=O)N3C[C@@H]4CCC[C@@]4(C(=O)O)C3)C2)nn1. The van der Waals surface area contributed by atoms with Gasteiger partial charge in [-0.2, -0.15) is 5.10 Å². The molecule has 1 unspecified atom stereocenters. The van der Waals surface area contributed by atoms with E-state index < -0.39 is 11.4 Å². The Balaban J connectivity index is 1.37. The molecule has 8 heteroatoms. The minimum absolute atomic E-state index is 0.0376. The van der Waals surface area contributed by atoms with Crippen LogP contribution in [-0.2, 0) is 4.79 Å². The number of amides is 2. The van der Waals surface area contributed by atoms with Gasteiger partial charge in [0.1, 0.15) is 0 Å². The molecule has 2 aliphatic heterocycles. The van der Waals surface area contributed by atoms with Gasteiger partial charge in [-0.3, -0.25) is 4.79 Å². The molecule has 27 heavy (non-hydrogen) atoms. The number of anilines is 1. The number of hydrogen-bond donors (Lipinski definition) is 2. The summed E-state index contributed by atoms with van der Waals surface area (Å²) in [6, 6.07) is 3.81. The standard InChI is InChI=1S/C19H27N5O3/c1-13-6-7-16(22-21-13)23-9-3-5-15(11-23)20-18(27)24-10-14-4-2-8-19(14,12-24)17(25)26/h6-7,14-15H,2-5,8-12H2,1H3,(H,20,27)(H,25,26)/t14-,15?,19+/m0/s1. The predicted molar refractivity (Wildman–Crippen MR) is 99.5 cm³/mol. The lowest BCUT2D eigenvalue weighted by molar-refractivity contribution is -0.149. The number of piperidine rings is 1. The highest BCUT2D eigenvalue weighted by Gasteiger charge is 2.55. The third-order valence-electron chi connectivity index (χ3n) is 6.44. The normalized spacial score (nSPS) is 30.3. The summed E-state index contributed by atoms with van der Waals surface area (Å²) < 4.78 is 0. The molecule has 0 bridgehead atoms. The van der Waals surface area contributed by atoms with Crippen LogP contribution in [0.1, 0.15) is 37.8 Å². The largest absolute Gasteiger partial charge is 0.481 e. The van der Waals surface area contributed by atoms with Crippen molar-refractivity contribution < 1.29 is 14.7 Å².